The van der Waals surface area contributed by atoms with Gasteiger partial charge >= 0.3 is 6.18 Å². The molecule has 6 nitrogen and oxygen atoms in total. The molecule has 2 aromatic rings. The quantitative estimate of drug-likeness (QED) is 0.546. The number of nitrogens with zero attached hydrogens (tertiary/aromatic N) is 1. The summed E-state index contributed by atoms with van der Waals surface area (Å²) in [5, 5.41) is 2.66. The number of benzene rings is 2. The zero-order chi connectivity index (χ0) is 23.9. The molecule has 0 atom stereocenters. The summed E-state index contributed by atoms with van der Waals surface area (Å²) in [6.07, 6.45) is -1.02. The fourth-order valence-electron chi connectivity index (χ4n) is 3.55. The molecule has 2 aromatic carbocycles. The number of hydrogen-bond donors (Lipinski definition) is 1. The van der Waals surface area contributed by atoms with Gasteiger partial charge in [0.15, 0.2) is 0 Å². The molecule has 0 bridgehead atoms. The summed E-state index contributed by atoms with van der Waals surface area (Å²) in [5.41, 5.74) is 0.0433. The number of carbonyl (C=O) groups is 1. The third-order valence-corrected chi connectivity index (χ3v) is 7.28. The van der Waals surface area contributed by atoms with Gasteiger partial charge in [0.25, 0.3) is 0 Å². The van der Waals surface area contributed by atoms with E-state index in [1.165, 1.54) is 16.4 Å². The van der Waals surface area contributed by atoms with Crippen molar-refractivity contribution in [2.24, 2.45) is 0 Å². The summed E-state index contributed by atoms with van der Waals surface area (Å²) < 4.78 is 70.3. The van der Waals surface area contributed by atoms with Gasteiger partial charge in [0.1, 0.15) is 12.4 Å². The Labute approximate surface area is 191 Å². The van der Waals surface area contributed by atoms with Crippen molar-refractivity contribution in [3.05, 3.63) is 59.7 Å². The number of amides is 1. The highest BCUT2D eigenvalue weighted by Crippen LogP contribution is 2.31. The summed E-state index contributed by atoms with van der Waals surface area (Å²) in [6, 6.07) is 11.1. The molecule has 0 aliphatic carbocycles. The molecule has 0 unspecified atom stereocenters. The first kappa shape index (κ1) is 25.0. The number of ether oxygens (including phenoxy) is 1. The maximum Gasteiger partial charge on any atom is 0.416 e. The standard InChI is InChI=1S/C23H27F3N2O4S/c24-23(25,26)19-5-4-6-20(17-19)32-16-13-27-22(29)12-9-18-7-10-21(11-8-18)33(30,31)28-14-2-1-3-15-28/h4-8,10-11,17H,1-3,9,12-16H2,(H,27,29). The molecule has 1 aliphatic rings. The molecule has 1 fully saturated rings. The maximum absolute atomic E-state index is 12.7. The molecule has 1 amide bonds. The smallest absolute Gasteiger partial charge is 0.416 e. The third kappa shape index (κ3) is 7.20. The normalized spacial score (nSPS) is 15.2. The van der Waals surface area contributed by atoms with Crippen LogP contribution in [-0.4, -0.2) is 44.9 Å². The highest BCUT2D eigenvalue weighted by atomic mass is 32.2. The second kappa shape index (κ2) is 11.0. The van der Waals surface area contributed by atoms with E-state index in [9.17, 15) is 26.4 Å². The van der Waals surface area contributed by atoms with Crippen LogP contribution in [0.3, 0.4) is 0 Å². The molecule has 10 heteroatoms. The van der Waals surface area contributed by atoms with Gasteiger partial charge in [-0.1, -0.05) is 24.6 Å². The van der Waals surface area contributed by atoms with Crippen molar-refractivity contribution >= 4 is 15.9 Å². The zero-order valence-electron chi connectivity index (χ0n) is 18.1. The highest BCUT2D eigenvalue weighted by molar-refractivity contribution is 7.89. The maximum atomic E-state index is 12.7. The summed E-state index contributed by atoms with van der Waals surface area (Å²) in [4.78, 5) is 12.3. The van der Waals surface area contributed by atoms with Crippen LogP contribution in [0.25, 0.3) is 0 Å². The van der Waals surface area contributed by atoms with Crippen molar-refractivity contribution in [1.29, 1.82) is 0 Å². The molecule has 180 valence electrons. The fraction of sp³-hybridized carbons (Fsp3) is 0.435. The van der Waals surface area contributed by atoms with Crippen molar-refractivity contribution in [2.45, 2.75) is 43.2 Å². The third-order valence-electron chi connectivity index (χ3n) is 5.37. The molecule has 0 radical (unpaired) electrons. The van der Waals surface area contributed by atoms with Crippen LogP contribution in [0.15, 0.2) is 53.4 Å². The van der Waals surface area contributed by atoms with Crippen LogP contribution in [-0.2, 0) is 27.4 Å². The number of carbonyl (C=O) groups excluding carboxylic acids is 1. The van der Waals surface area contributed by atoms with E-state index in [4.69, 9.17) is 4.74 Å². The van der Waals surface area contributed by atoms with Gasteiger partial charge in [-0.05, 0) is 55.2 Å². The first-order valence-electron chi connectivity index (χ1n) is 10.8. The number of halogens is 3. The highest BCUT2D eigenvalue weighted by Gasteiger charge is 2.30. The second-order valence-electron chi connectivity index (χ2n) is 7.83. The van der Waals surface area contributed by atoms with Crippen molar-refractivity contribution in [1.82, 2.24) is 9.62 Å². The lowest BCUT2D eigenvalue weighted by Gasteiger charge is -2.25. The lowest BCUT2D eigenvalue weighted by Crippen LogP contribution is -2.35. The summed E-state index contributed by atoms with van der Waals surface area (Å²) >= 11 is 0. The minimum absolute atomic E-state index is 0.0378. The summed E-state index contributed by atoms with van der Waals surface area (Å²) in [6.45, 7) is 1.28. The van der Waals surface area contributed by atoms with E-state index in [1.807, 2.05) is 0 Å². The predicted octanol–water partition coefficient (Wildman–Crippen LogP) is 4.01. The number of piperidine rings is 1. The Kier molecular flexibility index (Phi) is 8.36. The van der Waals surface area contributed by atoms with Crippen LogP contribution in [0, 0.1) is 0 Å². The number of nitrogens with one attached hydrogen (secondary N) is 1. The molecule has 0 aromatic heterocycles. The Bertz CT molecular complexity index is 1030. The molecule has 1 aliphatic heterocycles. The molecule has 1 saturated heterocycles. The van der Waals surface area contributed by atoms with E-state index in [1.54, 1.807) is 24.3 Å². The largest absolute Gasteiger partial charge is 0.492 e. The van der Waals surface area contributed by atoms with Crippen molar-refractivity contribution < 1.29 is 31.1 Å². The summed E-state index contributed by atoms with van der Waals surface area (Å²) in [5.74, 6) is -0.147. The molecule has 1 heterocycles. The van der Waals surface area contributed by atoms with Gasteiger partial charge in [0.05, 0.1) is 17.0 Å². The Balaban J connectivity index is 1.40. The topological polar surface area (TPSA) is 75.7 Å². The van der Waals surface area contributed by atoms with E-state index in [2.05, 4.69) is 5.32 Å². The first-order chi connectivity index (χ1) is 15.7. The van der Waals surface area contributed by atoms with Gasteiger partial charge in [-0.2, -0.15) is 17.5 Å². The molecule has 1 N–H and O–H groups in total. The number of alkyl halides is 3. The van der Waals surface area contributed by atoms with Crippen LogP contribution in [0.5, 0.6) is 5.75 Å². The lowest BCUT2D eigenvalue weighted by molar-refractivity contribution is -0.137. The monoisotopic (exact) mass is 484 g/mol. The van der Waals surface area contributed by atoms with Crippen LogP contribution >= 0.6 is 0 Å². The van der Waals surface area contributed by atoms with Crippen LogP contribution < -0.4 is 10.1 Å². The number of sulfonamides is 1. The Hall–Kier alpha value is -2.59. The zero-order valence-corrected chi connectivity index (χ0v) is 18.9. The SMILES string of the molecule is O=C(CCc1ccc(S(=O)(=O)N2CCCCC2)cc1)NCCOc1cccc(C(F)(F)F)c1. The van der Waals surface area contributed by atoms with Gasteiger partial charge < -0.3 is 10.1 Å². The van der Waals surface area contributed by atoms with Crippen LogP contribution in [0.1, 0.15) is 36.8 Å². The molecule has 0 spiro atoms. The van der Waals surface area contributed by atoms with E-state index in [0.717, 1.165) is 37.0 Å². The van der Waals surface area contributed by atoms with Crippen molar-refractivity contribution in [3.8, 4) is 5.75 Å². The lowest BCUT2D eigenvalue weighted by atomic mass is 10.1. The van der Waals surface area contributed by atoms with Gasteiger partial charge in [-0.25, -0.2) is 8.42 Å². The molecular weight excluding hydrogens is 457 g/mol. The molecule has 0 saturated carbocycles. The van der Waals surface area contributed by atoms with E-state index >= 15 is 0 Å². The average molecular weight is 485 g/mol. The minimum Gasteiger partial charge on any atom is -0.492 e. The Morgan fingerprint density at radius 1 is 1.03 bits per heavy atom. The Morgan fingerprint density at radius 3 is 2.39 bits per heavy atom. The summed E-state index contributed by atoms with van der Waals surface area (Å²) in [7, 11) is -3.48. The van der Waals surface area contributed by atoms with E-state index in [-0.39, 0.29) is 36.1 Å². The van der Waals surface area contributed by atoms with Crippen molar-refractivity contribution in [2.75, 3.05) is 26.2 Å². The van der Waals surface area contributed by atoms with Gasteiger partial charge in [0, 0.05) is 19.5 Å². The van der Waals surface area contributed by atoms with Gasteiger partial charge in [-0.3, -0.25) is 4.79 Å². The second-order valence-corrected chi connectivity index (χ2v) is 9.77. The average Bonchev–Trinajstić information content (AvgIpc) is 2.81. The first-order valence-corrected chi connectivity index (χ1v) is 12.3. The van der Waals surface area contributed by atoms with E-state index < -0.39 is 21.8 Å². The van der Waals surface area contributed by atoms with Crippen LogP contribution in [0.2, 0.25) is 0 Å². The van der Waals surface area contributed by atoms with Crippen LogP contribution in [0.4, 0.5) is 13.2 Å². The molecule has 33 heavy (non-hydrogen) atoms. The number of aryl methyl sites for hydroxylation is 1. The Morgan fingerprint density at radius 2 is 1.73 bits per heavy atom. The predicted molar refractivity (Wildman–Crippen MR) is 117 cm³/mol. The number of rotatable bonds is 9. The van der Waals surface area contributed by atoms with E-state index in [0.29, 0.717) is 19.5 Å². The van der Waals surface area contributed by atoms with Crippen molar-refractivity contribution in [3.63, 3.8) is 0 Å². The molecular formula is C23H27F3N2O4S. The minimum atomic E-state index is -4.44. The molecule has 3 rings (SSSR count). The van der Waals surface area contributed by atoms with Gasteiger partial charge in [0.2, 0.25) is 15.9 Å². The van der Waals surface area contributed by atoms with Gasteiger partial charge in [-0.15, -0.1) is 0 Å². The fourth-order valence-corrected chi connectivity index (χ4v) is 5.07. The number of hydrogen-bond acceptors (Lipinski definition) is 4.